The van der Waals surface area contributed by atoms with E-state index in [0.29, 0.717) is 6.61 Å². The van der Waals surface area contributed by atoms with Crippen LogP contribution in [0.3, 0.4) is 0 Å². The fraction of sp³-hybridized carbons (Fsp3) is 0.900. The van der Waals surface area contributed by atoms with Gasteiger partial charge in [0, 0.05) is 13.2 Å². The first-order chi connectivity index (χ1) is 6.74. The summed E-state index contributed by atoms with van der Waals surface area (Å²) < 4.78 is 4.96. The molecule has 2 unspecified atom stereocenters. The van der Waals surface area contributed by atoms with E-state index < -0.39 is 0 Å². The molecule has 1 fully saturated rings. The normalized spacial score (nSPS) is 24.3. The molecule has 0 bridgehead atoms. The number of carbonyl (C=O) groups excluding carboxylic acids is 1. The second kappa shape index (κ2) is 5.98. The van der Waals surface area contributed by atoms with Gasteiger partial charge in [0.25, 0.3) is 0 Å². The molecular weight excluding hydrogens is 180 g/mol. The number of hydrogen-bond acceptors (Lipinski definition) is 3. The number of rotatable bonds is 4. The summed E-state index contributed by atoms with van der Waals surface area (Å²) in [5.74, 6) is 0.106. The van der Waals surface area contributed by atoms with E-state index in [0.717, 1.165) is 19.4 Å². The van der Waals surface area contributed by atoms with Gasteiger partial charge in [0.1, 0.15) is 0 Å². The number of nitrogens with one attached hydrogen (secondary N) is 2. The maximum Gasteiger partial charge on any atom is 0.237 e. The van der Waals surface area contributed by atoms with Crippen molar-refractivity contribution in [3.63, 3.8) is 0 Å². The topological polar surface area (TPSA) is 50.4 Å². The molecule has 0 radical (unpaired) electrons. The van der Waals surface area contributed by atoms with Gasteiger partial charge in [0.05, 0.1) is 12.6 Å². The minimum Gasteiger partial charge on any atom is -0.383 e. The predicted octanol–water partition coefficient (Wildman–Crippen LogP) is 0.280. The van der Waals surface area contributed by atoms with Crippen LogP contribution >= 0.6 is 0 Å². The van der Waals surface area contributed by atoms with Crippen LogP contribution in [0, 0.1) is 0 Å². The molecule has 4 heteroatoms. The van der Waals surface area contributed by atoms with Gasteiger partial charge in [0.2, 0.25) is 5.91 Å². The van der Waals surface area contributed by atoms with Gasteiger partial charge in [-0.05, 0) is 26.3 Å². The highest BCUT2D eigenvalue weighted by Crippen LogP contribution is 2.06. The highest BCUT2D eigenvalue weighted by Gasteiger charge is 2.21. The van der Waals surface area contributed by atoms with Crippen LogP contribution in [0.2, 0.25) is 0 Å². The molecule has 1 aliphatic heterocycles. The van der Waals surface area contributed by atoms with Gasteiger partial charge in [-0.15, -0.1) is 0 Å². The molecule has 1 amide bonds. The Morgan fingerprint density at radius 1 is 1.64 bits per heavy atom. The summed E-state index contributed by atoms with van der Waals surface area (Å²) in [6, 6.07) is 0.0966. The molecule has 2 atom stereocenters. The zero-order valence-corrected chi connectivity index (χ0v) is 9.01. The van der Waals surface area contributed by atoms with E-state index in [1.54, 1.807) is 7.11 Å². The fourth-order valence-electron chi connectivity index (χ4n) is 1.71. The fourth-order valence-corrected chi connectivity index (χ4v) is 1.71. The van der Waals surface area contributed by atoms with E-state index in [9.17, 15) is 4.79 Å². The molecule has 0 saturated carbocycles. The van der Waals surface area contributed by atoms with Gasteiger partial charge in [-0.2, -0.15) is 0 Å². The lowest BCUT2D eigenvalue weighted by molar-refractivity contribution is -0.124. The summed E-state index contributed by atoms with van der Waals surface area (Å²) >= 11 is 0. The molecule has 1 heterocycles. The maximum absolute atomic E-state index is 11.7. The van der Waals surface area contributed by atoms with Crippen LogP contribution in [0.25, 0.3) is 0 Å². The maximum atomic E-state index is 11.7. The van der Waals surface area contributed by atoms with Gasteiger partial charge in [-0.25, -0.2) is 0 Å². The average molecular weight is 200 g/mol. The van der Waals surface area contributed by atoms with Crippen molar-refractivity contribution >= 4 is 5.91 Å². The molecule has 2 N–H and O–H groups in total. The van der Waals surface area contributed by atoms with E-state index >= 15 is 0 Å². The van der Waals surface area contributed by atoms with Crippen LogP contribution in [0.1, 0.15) is 26.2 Å². The van der Waals surface area contributed by atoms with Crippen molar-refractivity contribution in [1.82, 2.24) is 10.6 Å². The first-order valence-corrected chi connectivity index (χ1v) is 5.26. The van der Waals surface area contributed by atoms with Gasteiger partial charge in [-0.1, -0.05) is 6.42 Å². The molecule has 82 valence electrons. The Kier molecular flexibility index (Phi) is 4.90. The molecule has 1 rings (SSSR count). The molecule has 14 heavy (non-hydrogen) atoms. The number of piperidine rings is 1. The summed E-state index contributed by atoms with van der Waals surface area (Å²) in [6.45, 7) is 3.47. The standard InChI is InChI=1S/C10H20N2O2/c1-8(7-14-2)12-10(13)9-5-3-4-6-11-9/h8-9,11H,3-7H2,1-2H3,(H,12,13). The van der Waals surface area contributed by atoms with Gasteiger partial charge < -0.3 is 15.4 Å². The molecule has 0 aromatic carbocycles. The van der Waals surface area contributed by atoms with Crippen LogP contribution in [0.5, 0.6) is 0 Å². The molecule has 1 saturated heterocycles. The van der Waals surface area contributed by atoms with Crippen molar-refractivity contribution < 1.29 is 9.53 Å². The Labute approximate surface area is 85.4 Å². The van der Waals surface area contributed by atoms with E-state index in [-0.39, 0.29) is 18.0 Å². The second-order valence-electron chi connectivity index (χ2n) is 3.87. The van der Waals surface area contributed by atoms with Crippen molar-refractivity contribution in [3.05, 3.63) is 0 Å². The lowest BCUT2D eigenvalue weighted by Gasteiger charge is -2.24. The van der Waals surface area contributed by atoms with Crippen LogP contribution < -0.4 is 10.6 Å². The van der Waals surface area contributed by atoms with Crippen LogP contribution in [-0.2, 0) is 9.53 Å². The molecule has 1 aliphatic rings. The zero-order valence-electron chi connectivity index (χ0n) is 9.01. The minimum absolute atomic E-state index is 0.00283. The first kappa shape index (κ1) is 11.5. The smallest absolute Gasteiger partial charge is 0.237 e. The average Bonchev–Trinajstić information content (AvgIpc) is 2.19. The largest absolute Gasteiger partial charge is 0.383 e. The number of amides is 1. The quantitative estimate of drug-likeness (QED) is 0.685. The molecule has 4 nitrogen and oxygen atoms in total. The number of hydrogen-bond donors (Lipinski definition) is 2. The highest BCUT2D eigenvalue weighted by molar-refractivity contribution is 5.82. The number of methoxy groups -OCH3 is 1. The third-order valence-corrected chi connectivity index (χ3v) is 2.43. The molecular formula is C10H20N2O2. The zero-order chi connectivity index (χ0) is 10.4. The lowest BCUT2D eigenvalue weighted by atomic mass is 10.0. The summed E-state index contributed by atoms with van der Waals surface area (Å²) in [5, 5.41) is 6.14. The van der Waals surface area contributed by atoms with E-state index in [1.165, 1.54) is 6.42 Å². The monoisotopic (exact) mass is 200 g/mol. The van der Waals surface area contributed by atoms with E-state index in [1.807, 2.05) is 6.92 Å². The Balaban J connectivity index is 2.25. The third kappa shape index (κ3) is 3.64. The Hall–Kier alpha value is -0.610. The number of ether oxygens (including phenoxy) is 1. The van der Waals surface area contributed by atoms with Crippen LogP contribution in [0.4, 0.5) is 0 Å². The van der Waals surface area contributed by atoms with Crippen molar-refractivity contribution in [2.45, 2.75) is 38.3 Å². The summed E-state index contributed by atoms with van der Waals surface area (Å²) in [5.41, 5.74) is 0. The van der Waals surface area contributed by atoms with Crippen molar-refractivity contribution in [2.75, 3.05) is 20.3 Å². The predicted molar refractivity (Wildman–Crippen MR) is 55.1 cm³/mol. The highest BCUT2D eigenvalue weighted by atomic mass is 16.5. The lowest BCUT2D eigenvalue weighted by Crippen LogP contribution is -2.49. The Morgan fingerprint density at radius 2 is 2.43 bits per heavy atom. The Bertz CT molecular complexity index is 179. The second-order valence-corrected chi connectivity index (χ2v) is 3.87. The van der Waals surface area contributed by atoms with Crippen LogP contribution in [0.15, 0.2) is 0 Å². The molecule has 0 aromatic rings. The SMILES string of the molecule is COCC(C)NC(=O)C1CCCCN1. The molecule has 0 aliphatic carbocycles. The number of carbonyl (C=O) groups is 1. The van der Waals surface area contributed by atoms with Crippen molar-refractivity contribution in [1.29, 1.82) is 0 Å². The minimum atomic E-state index is 0.00283. The van der Waals surface area contributed by atoms with E-state index in [4.69, 9.17) is 4.74 Å². The molecule has 0 aromatic heterocycles. The van der Waals surface area contributed by atoms with E-state index in [2.05, 4.69) is 10.6 Å². The first-order valence-electron chi connectivity index (χ1n) is 5.26. The van der Waals surface area contributed by atoms with Gasteiger partial charge in [-0.3, -0.25) is 4.79 Å². The molecule has 0 spiro atoms. The Morgan fingerprint density at radius 3 is 3.00 bits per heavy atom. The van der Waals surface area contributed by atoms with Gasteiger partial charge in [0.15, 0.2) is 0 Å². The van der Waals surface area contributed by atoms with Gasteiger partial charge >= 0.3 is 0 Å². The summed E-state index contributed by atoms with van der Waals surface area (Å²) in [6.07, 6.45) is 3.27. The van der Waals surface area contributed by atoms with Crippen LogP contribution in [-0.4, -0.2) is 38.3 Å². The van der Waals surface area contributed by atoms with Crippen molar-refractivity contribution in [2.24, 2.45) is 0 Å². The summed E-state index contributed by atoms with van der Waals surface area (Å²) in [7, 11) is 1.64. The van der Waals surface area contributed by atoms with Crippen molar-refractivity contribution in [3.8, 4) is 0 Å². The summed E-state index contributed by atoms with van der Waals surface area (Å²) in [4.78, 5) is 11.7. The third-order valence-electron chi connectivity index (χ3n) is 2.43.